The molecule has 1 aromatic rings. The summed E-state index contributed by atoms with van der Waals surface area (Å²) in [7, 11) is 3.07. The van der Waals surface area contributed by atoms with Crippen molar-refractivity contribution in [1.82, 2.24) is 10.6 Å². The average molecular weight is 301 g/mol. The number of halogens is 1. The van der Waals surface area contributed by atoms with E-state index in [1.807, 2.05) is 30.3 Å². The number of hydrogen-bond acceptors (Lipinski definition) is 4. The third-order valence-electron chi connectivity index (χ3n) is 2.74. The molecule has 0 spiro atoms. The van der Waals surface area contributed by atoms with Gasteiger partial charge < -0.3 is 15.4 Å². The highest BCUT2D eigenvalue weighted by atomic mass is 35.5. The first-order valence-electron chi connectivity index (χ1n) is 6.23. The number of carbonyl (C=O) groups excluding carboxylic acids is 2. The number of amides is 1. The van der Waals surface area contributed by atoms with Crippen LogP contribution in [0.25, 0.3) is 0 Å². The predicted octanol–water partition coefficient (Wildman–Crippen LogP) is 1.44. The van der Waals surface area contributed by atoms with E-state index in [4.69, 9.17) is 0 Å². The summed E-state index contributed by atoms with van der Waals surface area (Å²) in [4.78, 5) is 22.9. The summed E-state index contributed by atoms with van der Waals surface area (Å²) in [6.07, 6.45) is 0.794. The Labute approximate surface area is 125 Å². The lowest BCUT2D eigenvalue weighted by Gasteiger charge is -2.18. The van der Waals surface area contributed by atoms with Gasteiger partial charge in [-0.2, -0.15) is 0 Å². The molecule has 20 heavy (non-hydrogen) atoms. The molecule has 6 heteroatoms. The Kier molecular flexibility index (Phi) is 9.41. The maximum Gasteiger partial charge on any atom is 0.305 e. The van der Waals surface area contributed by atoms with Crippen LogP contribution in [0.3, 0.4) is 0 Å². The number of carbonyl (C=O) groups is 2. The van der Waals surface area contributed by atoms with Crippen molar-refractivity contribution in [2.75, 3.05) is 20.7 Å². The van der Waals surface area contributed by atoms with Crippen LogP contribution in [0.4, 0.5) is 0 Å². The van der Waals surface area contributed by atoms with Gasteiger partial charge in [0.2, 0.25) is 5.91 Å². The Morgan fingerprint density at radius 1 is 1.25 bits per heavy atom. The lowest BCUT2D eigenvalue weighted by atomic mass is 10.0. The van der Waals surface area contributed by atoms with Gasteiger partial charge >= 0.3 is 5.97 Å². The van der Waals surface area contributed by atoms with E-state index in [2.05, 4.69) is 15.4 Å². The molecule has 5 nitrogen and oxygen atoms in total. The highest BCUT2D eigenvalue weighted by Gasteiger charge is 2.15. The summed E-state index contributed by atoms with van der Waals surface area (Å²) in [5.74, 6) is -0.370. The lowest BCUT2D eigenvalue weighted by molar-refractivity contribution is -0.141. The highest BCUT2D eigenvalue weighted by molar-refractivity contribution is 5.85. The minimum absolute atomic E-state index is 0. The monoisotopic (exact) mass is 300 g/mol. The van der Waals surface area contributed by atoms with E-state index in [0.29, 0.717) is 6.42 Å². The van der Waals surface area contributed by atoms with Gasteiger partial charge in [-0.1, -0.05) is 30.3 Å². The maximum absolute atomic E-state index is 11.7. The summed E-state index contributed by atoms with van der Waals surface area (Å²) < 4.78 is 4.62. The molecule has 1 atom stereocenters. The summed E-state index contributed by atoms with van der Waals surface area (Å²) in [5, 5.41) is 5.70. The third-order valence-corrected chi connectivity index (χ3v) is 2.74. The molecule has 0 saturated carbocycles. The van der Waals surface area contributed by atoms with Gasteiger partial charge in [-0.05, 0) is 19.0 Å². The van der Waals surface area contributed by atoms with Gasteiger partial charge in [0.05, 0.1) is 19.7 Å². The molecule has 0 aliphatic carbocycles. The molecule has 0 heterocycles. The Bertz CT molecular complexity index is 412. The second-order valence-electron chi connectivity index (χ2n) is 4.18. The molecule has 2 N–H and O–H groups in total. The molecule has 112 valence electrons. The minimum atomic E-state index is -0.274. The van der Waals surface area contributed by atoms with Crippen molar-refractivity contribution in [3.05, 3.63) is 35.9 Å². The van der Waals surface area contributed by atoms with Crippen LogP contribution in [-0.4, -0.2) is 32.6 Å². The van der Waals surface area contributed by atoms with Crippen molar-refractivity contribution >= 4 is 24.3 Å². The number of likely N-dealkylation sites (N-methyl/N-ethyl adjacent to an activating group) is 1. The molecule has 0 aliphatic rings. The van der Waals surface area contributed by atoms with E-state index in [0.717, 1.165) is 5.56 Å². The van der Waals surface area contributed by atoms with Gasteiger partial charge in [-0.3, -0.25) is 9.59 Å². The van der Waals surface area contributed by atoms with Crippen molar-refractivity contribution in [2.45, 2.75) is 18.9 Å². The number of nitrogens with one attached hydrogen (secondary N) is 2. The Morgan fingerprint density at radius 3 is 2.45 bits per heavy atom. The van der Waals surface area contributed by atoms with Crippen LogP contribution in [0.15, 0.2) is 30.3 Å². The van der Waals surface area contributed by atoms with Crippen LogP contribution in [0.5, 0.6) is 0 Å². The van der Waals surface area contributed by atoms with Crippen molar-refractivity contribution in [3.8, 4) is 0 Å². The van der Waals surface area contributed by atoms with Crippen LogP contribution in [0, 0.1) is 0 Å². The van der Waals surface area contributed by atoms with E-state index >= 15 is 0 Å². The zero-order chi connectivity index (χ0) is 14.1. The molecule has 0 fully saturated rings. The number of ether oxygens (including phenoxy) is 1. The van der Waals surface area contributed by atoms with Crippen molar-refractivity contribution in [2.24, 2.45) is 0 Å². The van der Waals surface area contributed by atoms with Crippen LogP contribution in [-0.2, 0) is 14.3 Å². The third kappa shape index (κ3) is 6.54. The van der Waals surface area contributed by atoms with Crippen molar-refractivity contribution in [3.63, 3.8) is 0 Å². The van der Waals surface area contributed by atoms with Crippen LogP contribution < -0.4 is 10.6 Å². The topological polar surface area (TPSA) is 67.4 Å². The molecular weight excluding hydrogens is 280 g/mol. The molecule has 0 aliphatic heterocycles. The molecule has 1 unspecified atom stereocenters. The van der Waals surface area contributed by atoms with Crippen LogP contribution >= 0.6 is 12.4 Å². The van der Waals surface area contributed by atoms with E-state index < -0.39 is 0 Å². The van der Waals surface area contributed by atoms with Gasteiger partial charge in [-0.15, -0.1) is 12.4 Å². The zero-order valence-electron chi connectivity index (χ0n) is 11.7. The molecule has 0 aromatic heterocycles. The SMILES string of the molecule is CNCC(=O)NC(CCC(=O)OC)c1ccccc1.Cl. The van der Waals surface area contributed by atoms with E-state index in [1.54, 1.807) is 7.05 Å². The fourth-order valence-corrected chi connectivity index (χ4v) is 1.78. The van der Waals surface area contributed by atoms with Gasteiger partial charge in [-0.25, -0.2) is 0 Å². The second kappa shape index (κ2) is 10.2. The average Bonchev–Trinajstić information content (AvgIpc) is 2.44. The fourth-order valence-electron chi connectivity index (χ4n) is 1.78. The molecule has 1 aromatic carbocycles. The van der Waals surface area contributed by atoms with Gasteiger partial charge in [0.15, 0.2) is 0 Å². The van der Waals surface area contributed by atoms with E-state index in [-0.39, 0.29) is 43.3 Å². The van der Waals surface area contributed by atoms with Crippen molar-refractivity contribution in [1.29, 1.82) is 0 Å². The second-order valence-corrected chi connectivity index (χ2v) is 4.18. The summed E-state index contributed by atoms with van der Waals surface area (Å²) in [5.41, 5.74) is 0.982. The molecule has 1 amide bonds. The lowest BCUT2D eigenvalue weighted by Crippen LogP contribution is -2.35. The van der Waals surface area contributed by atoms with Crippen LogP contribution in [0.2, 0.25) is 0 Å². The van der Waals surface area contributed by atoms with E-state index in [1.165, 1.54) is 7.11 Å². The molecule has 0 bridgehead atoms. The summed E-state index contributed by atoms with van der Waals surface area (Å²) >= 11 is 0. The van der Waals surface area contributed by atoms with Crippen LogP contribution in [0.1, 0.15) is 24.4 Å². The Morgan fingerprint density at radius 2 is 1.90 bits per heavy atom. The maximum atomic E-state index is 11.7. The Hall–Kier alpha value is -1.59. The highest BCUT2D eigenvalue weighted by Crippen LogP contribution is 2.18. The van der Waals surface area contributed by atoms with E-state index in [9.17, 15) is 9.59 Å². The number of benzene rings is 1. The molecular formula is C14H21ClN2O3. The standard InChI is InChI=1S/C14H20N2O3.ClH/c1-15-10-13(17)16-12(8-9-14(18)19-2)11-6-4-3-5-7-11;/h3-7,12,15H,8-10H2,1-2H3,(H,16,17);1H. The molecule has 0 saturated heterocycles. The van der Waals surface area contributed by atoms with Gasteiger partial charge in [0, 0.05) is 6.42 Å². The summed E-state index contributed by atoms with van der Waals surface area (Å²) in [6.45, 7) is 0.252. The first kappa shape index (κ1) is 18.4. The Balaban J connectivity index is 0.00000361. The fraction of sp³-hybridized carbons (Fsp3) is 0.429. The number of hydrogen-bond donors (Lipinski definition) is 2. The van der Waals surface area contributed by atoms with Gasteiger partial charge in [0.25, 0.3) is 0 Å². The summed E-state index contributed by atoms with van der Waals surface area (Å²) in [6, 6.07) is 9.41. The first-order valence-corrected chi connectivity index (χ1v) is 6.23. The smallest absolute Gasteiger partial charge is 0.305 e. The normalized spacial score (nSPS) is 11.1. The largest absolute Gasteiger partial charge is 0.469 e. The quantitative estimate of drug-likeness (QED) is 0.748. The number of esters is 1. The predicted molar refractivity (Wildman–Crippen MR) is 79.8 cm³/mol. The number of methoxy groups -OCH3 is 1. The zero-order valence-corrected chi connectivity index (χ0v) is 12.5. The number of rotatable bonds is 7. The first-order chi connectivity index (χ1) is 9.17. The molecule has 1 rings (SSSR count). The van der Waals surface area contributed by atoms with Gasteiger partial charge in [0.1, 0.15) is 0 Å². The van der Waals surface area contributed by atoms with Crippen molar-refractivity contribution < 1.29 is 14.3 Å². The molecule has 0 radical (unpaired) electrons. The minimum Gasteiger partial charge on any atom is -0.469 e.